The molecule has 0 spiro atoms. The number of aromatic amines is 1. The summed E-state index contributed by atoms with van der Waals surface area (Å²) in [5, 5.41) is 5.90. The summed E-state index contributed by atoms with van der Waals surface area (Å²) in [4.78, 5) is 22.9. The molecule has 1 amide bonds. The van der Waals surface area contributed by atoms with Crippen molar-refractivity contribution < 1.29 is 4.79 Å². The van der Waals surface area contributed by atoms with Crippen molar-refractivity contribution >= 4 is 28.3 Å². The molecule has 1 aromatic carbocycles. The molecule has 0 unspecified atom stereocenters. The lowest BCUT2D eigenvalue weighted by Crippen LogP contribution is -2.17. The molecule has 0 aliphatic heterocycles. The number of primary amides is 1. The standard InChI is InChI=1S/C14H15N5OS/c15-14(20)11-8-21-13(19-11)5-6-16-7-12-17-9-3-1-2-4-10(9)18-12/h1-4,8,16H,5-7H2,(H2,15,20)(H,17,18). The average Bonchev–Trinajstić information content (AvgIpc) is 3.10. The van der Waals surface area contributed by atoms with Crippen LogP contribution < -0.4 is 11.1 Å². The summed E-state index contributed by atoms with van der Waals surface area (Å²) >= 11 is 1.45. The predicted molar refractivity (Wildman–Crippen MR) is 82.1 cm³/mol. The summed E-state index contributed by atoms with van der Waals surface area (Å²) in [6.07, 6.45) is 0.762. The zero-order chi connectivity index (χ0) is 14.7. The lowest BCUT2D eigenvalue weighted by atomic mass is 10.3. The lowest BCUT2D eigenvalue weighted by Gasteiger charge is -2.00. The Bertz CT molecular complexity index is 730. The van der Waals surface area contributed by atoms with Gasteiger partial charge in [0.2, 0.25) is 0 Å². The Morgan fingerprint density at radius 2 is 2.19 bits per heavy atom. The molecule has 0 saturated heterocycles. The summed E-state index contributed by atoms with van der Waals surface area (Å²) in [6, 6.07) is 7.94. The number of nitrogens with one attached hydrogen (secondary N) is 2. The van der Waals surface area contributed by atoms with E-state index in [1.165, 1.54) is 11.3 Å². The normalized spacial score (nSPS) is 11.0. The minimum Gasteiger partial charge on any atom is -0.364 e. The van der Waals surface area contributed by atoms with Gasteiger partial charge in [0, 0.05) is 18.3 Å². The number of thiazole rings is 1. The number of hydrogen-bond donors (Lipinski definition) is 3. The van der Waals surface area contributed by atoms with Crippen LogP contribution in [0.25, 0.3) is 11.0 Å². The van der Waals surface area contributed by atoms with Crippen LogP contribution in [0.3, 0.4) is 0 Å². The fourth-order valence-electron chi connectivity index (χ4n) is 2.03. The SMILES string of the molecule is NC(=O)c1csc(CCNCc2nc3ccccc3[nH]2)n1. The lowest BCUT2D eigenvalue weighted by molar-refractivity contribution is 0.0996. The van der Waals surface area contributed by atoms with Gasteiger partial charge in [-0.05, 0) is 12.1 Å². The number of nitrogens with zero attached hydrogens (tertiary/aromatic N) is 2. The summed E-state index contributed by atoms with van der Waals surface area (Å²) < 4.78 is 0. The first-order valence-corrected chi connectivity index (χ1v) is 7.49. The van der Waals surface area contributed by atoms with E-state index in [0.717, 1.165) is 34.8 Å². The first-order chi connectivity index (χ1) is 10.2. The Labute approximate surface area is 125 Å². The van der Waals surface area contributed by atoms with Gasteiger partial charge in [0.1, 0.15) is 11.5 Å². The number of rotatable bonds is 6. The van der Waals surface area contributed by atoms with Crippen LogP contribution in [0.2, 0.25) is 0 Å². The molecule has 0 radical (unpaired) electrons. The molecular weight excluding hydrogens is 286 g/mol. The topological polar surface area (TPSA) is 96.7 Å². The predicted octanol–water partition coefficient (Wildman–Crippen LogP) is 1.45. The van der Waals surface area contributed by atoms with Crippen LogP contribution in [0.5, 0.6) is 0 Å². The molecule has 0 bridgehead atoms. The Hall–Kier alpha value is -2.25. The molecule has 2 aromatic heterocycles. The third kappa shape index (κ3) is 3.26. The fourth-order valence-corrected chi connectivity index (χ4v) is 2.82. The summed E-state index contributed by atoms with van der Waals surface area (Å²) in [7, 11) is 0. The fraction of sp³-hybridized carbons (Fsp3) is 0.214. The monoisotopic (exact) mass is 301 g/mol. The van der Waals surface area contributed by atoms with Crippen molar-refractivity contribution in [1.29, 1.82) is 0 Å². The second-order valence-corrected chi connectivity index (χ2v) is 5.56. The molecule has 0 atom stereocenters. The summed E-state index contributed by atoms with van der Waals surface area (Å²) in [6.45, 7) is 1.44. The van der Waals surface area contributed by atoms with Crippen LogP contribution in [0.15, 0.2) is 29.6 Å². The second-order valence-electron chi connectivity index (χ2n) is 4.62. The van der Waals surface area contributed by atoms with Crippen molar-refractivity contribution in [1.82, 2.24) is 20.3 Å². The number of H-pyrrole nitrogens is 1. The molecule has 3 aromatic rings. The zero-order valence-corrected chi connectivity index (χ0v) is 12.1. The van der Waals surface area contributed by atoms with Gasteiger partial charge in [-0.25, -0.2) is 9.97 Å². The Morgan fingerprint density at radius 1 is 1.33 bits per heavy atom. The second kappa shape index (κ2) is 6.02. The van der Waals surface area contributed by atoms with Crippen molar-refractivity contribution in [2.75, 3.05) is 6.54 Å². The van der Waals surface area contributed by atoms with Crippen LogP contribution in [-0.2, 0) is 13.0 Å². The average molecular weight is 301 g/mol. The van der Waals surface area contributed by atoms with Crippen molar-refractivity contribution in [3.8, 4) is 0 Å². The van der Waals surface area contributed by atoms with Gasteiger partial charge < -0.3 is 16.0 Å². The Kier molecular flexibility index (Phi) is 3.94. The number of carbonyl (C=O) groups excluding carboxylic acids is 1. The highest BCUT2D eigenvalue weighted by Gasteiger charge is 2.06. The third-order valence-corrected chi connectivity index (χ3v) is 3.96. The molecule has 6 nitrogen and oxygen atoms in total. The van der Waals surface area contributed by atoms with E-state index in [1.54, 1.807) is 5.38 Å². The molecule has 108 valence electrons. The molecule has 3 rings (SSSR count). The smallest absolute Gasteiger partial charge is 0.268 e. The molecule has 0 saturated carbocycles. The van der Waals surface area contributed by atoms with Gasteiger partial charge in [-0.2, -0.15) is 0 Å². The van der Waals surface area contributed by atoms with Gasteiger partial charge in [-0.15, -0.1) is 11.3 Å². The molecule has 7 heteroatoms. The minimum absolute atomic E-state index is 0.340. The first-order valence-electron chi connectivity index (χ1n) is 6.61. The molecule has 0 aliphatic carbocycles. The summed E-state index contributed by atoms with van der Waals surface area (Å²) in [5.41, 5.74) is 7.53. The maximum atomic E-state index is 11.0. The minimum atomic E-state index is -0.479. The molecular formula is C14H15N5OS. The van der Waals surface area contributed by atoms with E-state index < -0.39 is 5.91 Å². The Morgan fingerprint density at radius 3 is 2.95 bits per heavy atom. The number of carbonyl (C=O) groups is 1. The van der Waals surface area contributed by atoms with E-state index in [2.05, 4.69) is 20.3 Å². The van der Waals surface area contributed by atoms with E-state index >= 15 is 0 Å². The molecule has 2 heterocycles. The third-order valence-electron chi connectivity index (χ3n) is 3.05. The number of aromatic nitrogens is 3. The van der Waals surface area contributed by atoms with E-state index in [-0.39, 0.29) is 0 Å². The molecule has 0 fully saturated rings. The maximum Gasteiger partial charge on any atom is 0.268 e. The number of hydrogen-bond acceptors (Lipinski definition) is 5. The number of amides is 1. The van der Waals surface area contributed by atoms with Gasteiger partial charge >= 0.3 is 0 Å². The van der Waals surface area contributed by atoms with Crippen LogP contribution in [0, 0.1) is 0 Å². The van der Waals surface area contributed by atoms with Gasteiger partial charge in [0.25, 0.3) is 5.91 Å². The van der Waals surface area contributed by atoms with Crippen molar-refractivity contribution in [2.24, 2.45) is 5.73 Å². The van der Waals surface area contributed by atoms with Crippen molar-refractivity contribution in [3.05, 3.63) is 46.2 Å². The van der Waals surface area contributed by atoms with Crippen molar-refractivity contribution in [2.45, 2.75) is 13.0 Å². The highest BCUT2D eigenvalue weighted by Crippen LogP contribution is 2.11. The van der Waals surface area contributed by atoms with E-state index in [9.17, 15) is 4.79 Å². The highest BCUT2D eigenvalue weighted by molar-refractivity contribution is 7.09. The summed E-state index contributed by atoms with van der Waals surface area (Å²) in [5.74, 6) is 0.431. The van der Waals surface area contributed by atoms with Crippen LogP contribution >= 0.6 is 11.3 Å². The quantitative estimate of drug-likeness (QED) is 0.600. The number of para-hydroxylation sites is 2. The van der Waals surface area contributed by atoms with Gasteiger partial charge in [0.15, 0.2) is 0 Å². The number of fused-ring (bicyclic) bond motifs is 1. The highest BCUT2D eigenvalue weighted by atomic mass is 32.1. The van der Waals surface area contributed by atoms with Crippen LogP contribution in [0.1, 0.15) is 21.3 Å². The maximum absolute atomic E-state index is 11.0. The Balaban J connectivity index is 1.50. The van der Waals surface area contributed by atoms with Crippen LogP contribution in [0.4, 0.5) is 0 Å². The number of imidazole rings is 1. The van der Waals surface area contributed by atoms with E-state index in [0.29, 0.717) is 12.2 Å². The number of nitrogens with two attached hydrogens (primary N) is 1. The molecule has 21 heavy (non-hydrogen) atoms. The van der Waals surface area contributed by atoms with Gasteiger partial charge in [0.05, 0.1) is 22.6 Å². The van der Waals surface area contributed by atoms with E-state index in [1.807, 2.05) is 24.3 Å². The van der Waals surface area contributed by atoms with Crippen LogP contribution in [-0.4, -0.2) is 27.4 Å². The van der Waals surface area contributed by atoms with E-state index in [4.69, 9.17) is 5.73 Å². The largest absolute Gasteiger partial charge is 0.364 e. The molecule has 0 aliphatic rings. The van der Waals surface area contributed by atoms with Crippen molar-refractivity contribution in [3.63, 3.8) is 0 Å². The zero-order valence-electron chi connectivity index (χ0n) is 11.3. The molecule has 4 N–H and O–H groups in total. The number of benzene rings is 1. The van der Waals surface area contributed by atoms with Gasteiger partial charge in [-0.1, -0.05) is 12.1 Å². The first kappa shape index (κ1) is 13.7. The van der Waals surface area contributed by atoms with Gasteiger partial charge in [-0.3, -0.25) is 4.79 Å².